The van der Waals surface area contributed by atoms with E-state index in [1.165, 1.54) is 10.5 Å². The summed E-state index contributed by atoms with van der Waals surface area (Å²) in [5.41, 5.74) is 7.07. The van der Waals surface area contributed by atoms with Gasteiger partial charge in [0.15, 0.2) is 0 Å². The van der Waals surface area contributed by atoms with Gasteiger partial charge >= 0.3 is 0 Å². The molecule has 0 heterocycles. The molecule has 1 rings (SSSR count). The molecule has 0 atom stereocenters. The summed E-state index contributed by atoms with van der Waals surface area (Å²) in [6.07, 6.45) is 0. The fourth-order valence-corrected chi connectivity index (χ4v) is 2.06. The van der Waals surface area contributed by atoms with Crippen molar-refractivity contribution in [1.29, 1.82) is 0 Å². The maximum atomic E-state index is 5.90. The number of hydrogen-bond donors (Lipinski definition) is 2. The van der Waals surface area contributed by atoms with Crippen LogP contribution in [0.3, 0.4) is 0 Å². The maximum Gasteiger partial charge on any atom is 0.0223 e. The Balaban J connectivity index is 2.37. The summed E-state index contributed by atoms with van der Waals surface area (Å²) in [5, 5.41) is 3.36. The van der Waals surface area contributed by atoms with Crippen molar-refractivity contribution in [3.63, 3.8) is 0 Å². The topological polar surface area (TPSA) is 38.0 Å². The van der Waals surface area contributed by atoms with Crippen molar-refractivity contribution in [2.45, 2.75) is 37.8 Å². The van der Waals surface area contributed by atoms with Crippen molar-refractivity contribution in [1.82, 2.24) is 5.32 Å². The highest BCUT2D eigenvalue weighted by atomic mass is 32.2. The molecule has 1 aromatic rings. The Morgan fingerprint density at radius 3 is 2.38 bits per heavy atom. The molecule has 0 spiro atoms. The highest BCUT2D eigenvalue weighted by Crippen LogP contribution is 2.17. The lowest BCUT2D eigenvalue weighted by atomic mass is 10.1. The van der Waals surface area contributed by atoms with E-state index < -0.39 is 0 Å². The Kier molecular flexibility index (Phi) is 5.32. The second-order valence-electron chi connectivity index (χ2n) is 4.67. The molecule has 0 aromatic heterocycles. The van der Waals surface area contributed by atoms with Crippen LogP contribution in [0.5, 0.6) is 0 Å². The third kappa shape index (κ3) is 5.54. The Morgan fingerprint density at radius 1 is 1.25 bits per heavy atom. The lowest BCUT2D eigenvalue weighted by molar-refractivity contribution is 0.466. The Hall–Kier alpha value is -0.510. The molecule has 0 aliphatic carbocycles. The third-order valence-electron chi connectivity index (χ3n) is 2.14. The van der Waals surface area contributed by atoms with Gasteiger partial charge in [-0.3, -0.25) is 0 Å². The average Bonchev–Trinajstić information content (AvgIpc) is 2.19. The van der Waals surface area contributed by atoms with E-state index in [9.17, 15) is 0 Å². The first-order valence-electron chi connectivity index (χ1n) is 5.72. The van der Waals surface area contributed by atoms with Gasteiger partial charge in [0, 0.05) is 23.5 Å². The van der Waals surface area contributed by atoms with Crippen LogP contribution in [-0.2, 0) is 6.54 Å². The summed E-state index contributed by atoms with van der Waals surface area (Å²) >= 11 is 1.87. The van der Waals surface area contributed by atoms with Crippen molar-refractivity contribution < 1.29 is 0 Å². The summed E-state index contributed by atoms with van der Waals surface area (Å²) in [6, 6.07) is 8.71. The number of nitrogens with one attached hydrogen (secondary N) is 1. The lowest BCUT2D eigenvalue weighted by Gasteiger charge is -2.19. The van der Waals surface area contributed by atoms with Crippen LogP contribution >= 0.6 is 11.8 Å². The molecule has 2 nitrogen and oxygen atoms in total. The Bertz CT molecular complexity index is 301. The van der Waals surface area contributed by atoms with E-state index >= 15 is 0 Å². The van der Waals surface area contributed by atoms with Crippen LogP contribution in [0, 0.1) is 0 Å². The lowest BCUT2D eigenvalue weighted by Crippen LogP contribution is -2.42. The zero-order valence-electron chi connectivity index (χ0n) is 10.4. The smallest absolute Gasteiger partial charge is 0.0223 e. The van der Waals surface area contributed by atoms with Crippen LogP contribution in [0.2, 0.25) is 0 Å². The van der Waals surface area contributed by atoms with Crippen molar-refractivity contribution in [2.75, 3.05) is 12.3 Å². The van der Waals surface area contributed by atoms with Crippen molar-refractivity contribution >= 4 is 11.8 Å². The van der Waals surface area contributed by atoms with Gasteiger partial charge < -0.3 is 11.1 Å². The molecule has 0 aliphatic heterocycles. The van der Waals surface area contributed by atoms with Crippen LogP contribution in [0.15, 0.2) is 29.2 Å². The summed E-state index contributed by atoms with van der Waals surface area (Å²) in [5.74, 6) is 1.12. The largest absolute Gasteiger partial charge is 0.324 e. The van der Waals surface area contributed by atoms with Crippen LogP contribution in [0.25, 0.3) is 0 Å². The predicted octanol–water partition coefficient (Wildman–Crippen LogP) is 2.63. The average molecular weight is 238 g/mol. The molecule has 0 aliphatic rings. The van der Waals surface area contributed by atoms with Gasteiger partial charge in [-0.1, -0.05) is 19.1 Å². The second-order valence-corrected chi connectivity index (χ2v) is 6.01. The summed E-state index contributed by atoms with van der Waals surface area (Å²) in [4.78, 5) is 1.34. The number of nitrogens with two attached hydrogens (primary N) is 1. The van der Waals surface area contributed by atoms with E-state index in [-0.39, 0.29) is 5.54 Å². The molecule has 0 bridgehead atoms. The van der Waals surface area contributed by atoms with E-state index in [2.05, 4.69) is 36.5 Å². The van der Waals surface area contributed by atoms with E-state index in [1.54, 1.807) is 0 Å². The molecule has 0 saturated heterocycles. The fourth-order valence-electron chi connectivity index (χ4n) is 1.40. The zero-order valence-corrected chi connectivity index (χ0v) is 11.2. The summed E-state index contributed by atoms with van der Waals surface area (Å²) in [6.45, 7) is 7.95. The Labute approximate surface area is 103 Å². The molecule has 1 aromatic carbocycles. The molecule has 90 valence electrons. The van der Waals surface area contributed by atoms with E-state index in [4.69, 9.17) is 5.73 Å². The Morgan fingerprint density at radius 2 is 1.88 bits per heavy atom. The summed E-state index contributed by atoms with van der Waals surface area (Å²) < 4.78 is 0. The molecule has 16 heavy (non-hydrogen) atoms. The number of benzene rings is 1. The molecule has 0 unspecified atom stereocenters. The van der Waals surface area contributed by atoms with E-state index in [0.717, 1.165) is 18.8 Å². The first kappa shape index (κ1) is 13.6. The number of rotatable bonds is 6. The minimum Gasteiger partial charge on any atom is -0.324 e. The third-order valence-corrected chi connectivity index (χ3v) is 3.04. The number of hydrogen-bond acceptors (Lipinski definition) is 3. The number of thioether (sulfide) groups is 1. The highest BCUT2D eigenvalue weighted by Gasteiger charge is 2.08. The van der Waals surface area contributed by atoms with Crippen LogP contribution in [0.4, 0.5) is 0 Å². The second kappa shape index (κ2) is 6.28. The normalized spacial score (nSPS) is 11.8. The van der Waals surface area contributed by atoms with Gasteiger partial charge in [0.2, 0.25) is 0 Å². The van der Waals surface area contributed by atoms with Gasteiger partial charge in [-0.05, 0) is 37.3 Å². The molecule has 0 saturated carbocycles. The fraction of sp³-hybridized carbons (Fsp3) is 0.538. The SMILES string of the molecule is CCSc1ccc(CNCC(C)(C)N)cc1. The molecule has 0 fully saturated rings. The monoisotopic (exact) mass is 238 g/mol. The summed E-state index contributed by atoms with van der Waals surface area (Å²) in [7, 11) is 0. The van der Waals surface area contributed by atoms with E-state index in [1.807, 2.05) is 25.6 Å². The quantitative estimate of drug-likeness (QED) is 0.748. The van der Waals surface area contributed by atoms with Crippen LogP contribution < -0.4 is 11.1 Å². The van der Waals surface area contributed by atoms with Gasteiger partial charge in [0.1, 0.15) is 0 Å². The first-order chi connectivity index (χ1) is 7.51. The van der Waals surface area contributed by atoms with Gasteiger partial charge in [-0.2, -0.15) is 0 Å². The van der Waals surface area contributed by atoms with Gasteiger partial charge in [-0.25, -0.2) is 0 Å². The molecule has 0 radical (unpaired) electrons. The molecule has 3 N–H and O–H groups in total. The van der Waals surface area contributed by atoms with Crippen molar-refractivity contribution in [2.24, 2.45) is 5.73 Å². The van der Waals surface area contributed by atoms with Gasteiger partial charge in [0.05, 0.1) is 0 Å². The van der Waals surface area contributed by atoms with Gasteiger partial charge in [0.25, 0.3) is 0 Å². The highest BCUT2D eigenvalue weighted by molar-refractivity contribution is 7.99. The molecule has 0 amide bonds. The zero-order chi connectivity index (χ0) is 12.0. The molecular weight excluding hydrogens is 216 g/mol. The molecular formula is C13H22N2S. The van der Waals surface area contributed by atoms with Crippen molar-refractivity contribution in [3.8, 4) is 0 Å². The van der Waals surface area contributed by atoms with Gasteiger partial charge in [-0.15, -0.1) is 11.8 Å². The standard InChI is InChI=1S/C13H22N2S/c1-4-16-12-7-5-11(6-8-12)9-15-10-13(2,3)14/h5-8,15H,4,9-10,14H2,1-3H3. The minimum absolute atomic E-state index is 0.141. The predicted molar refractivity (Wildman–Crippen MR) is 72.8 cm³/mol. The van der Waals surface area contributed by atoms with Crippen LogP contribution in [0.1, 0.15) is 26.3 Å². The van der Waals surface area contributed by atoms with Crippen molar-refractivity contribution in [3.05, 3.63) is 29.8 Å². The van der Waals surface area contributed by atoms with E-state index in [0.29, 0.717) is 0 Å². The minimum atomic E-state index is -0.141. The first-order valence-corrected chi connectivity index (χ1v) is 6.71. The maximum absolute atomic E-state index is 5.90. The molecule has 3 heteroatoms. The van der Waals surface area contributed by atoms with Crippen LogP contribution in [-0.4, -0.2) is 17.8 Å².